The maximum Gasteiger partial charge on any atom is 0.186 e. The normalized spacial score (nSPS) is 32.5. The van der Waals surface area contributed by atoms with Crippen molar-refractivity contribution in [2.24, 2.45) is 0 Å². The first-order chi connectivity index (χ1) is 5.10. The molecule has 1 heterocycles. The zero-order valence-corrected chi connectivity index (χ0v) is 9.88. The molecular weight excluding hydrogens is 172 g/mol. The van der Waals surface area contributed by atoms with Gasteiger partial charge in [0.05, 0.1) is 13.2 Å². The standard InChI is InChI=1S/C7H18O2Si2/c1-10-6-7-11(2,3)9-5-4-8-10/h10H,4-7H2,1-3H3. The van der Waals surface area contributed by atoms with Crippen LogP contribution in [0.5, 0.6) is 0 Å². The monoisotopic (exact) mass is 190 g/mol. The first-order valence-corrected chi connectivity index (χ1v) is 9.91. The summed E-state index contributed by atoms with van der Waals surface area (Å²) in [5, 5.41) is 0. The molecule has 1 saturated heterocycles. The lowest BCUT2D eigenvalue weighted by atomic mass is 10.8. The summed E-state index contributed by atoms with van der Waals surface area (Å²) in [5.74, 6) is 0. The predicted molar refractivity (Wildman–Crippen MR) is 52.0 cm³/mol. The summed E-state index contributed by atoms with van der Waals surface area (Å²) in [4.78, 5) is 0. The third-order valence-corrected chi connectivity index (χ3v) is 7.09. The summed E-state index contributed by atoms with van der Waals surface area (Å²) in [5.41, 5.74) is 0. The van der Waals surface area contributed by atoms with E-state index in [4.69, 9.17) is 8.85 Å². The van der Waals surface area contributed by atoms with Crippen molar-refractivity contribution in [3.05, 3.63) is 0 Å². The first kappa shape index (κ1) is 9.44. The number of rotatable bonds is 0. The van der Waals surface area contributed by atoms with E-state index in [0.29, 0.717) is 0 Å². The molecule has 0 amide bonds. The molecule has 2 nitrogen and oxygen atoms in total. The van der Waals surface area contributed by atoms with E-state index in [9.17, 15) is 0 Å². The van der Waals surface area contributed by atoms with E-state index < -0.39 is 17.4 Å². The van der Waals surface area contributed by atoms with Crippen LogP contribution in [0.1, 0.15) is 0 Å². The van der Waals surface area contributed by atoms with Gasteiger partial charge in [-0.2, -0.15) is 0 Å². The maximum absolute atomic E-state index is 5.75. The highest BCUT2D eigenvalue weighted by Crippen LogP contribution is 2.18. The van der Waals surface area contributed by atoms with Crippen LogP contribution in [0.3, 0.4) is 0 Å². The second-order valence-corrected chi connectivity index (χ2v) is 10.7. The lowest BCUT2D eigenvalue weighted by Gasteiger charge is -2.27. The molecule has 4 heteroatoms. The van der Waals surface area contributed by atoms with Crippen LogP contribution in [0.4, 0.5) is 0 Å². The molecule has 1 fully saturated rings. The van der Waals surface area contributed by atoms with E-state index in [2.05, 4.69) is 19.6 Å². The predicted octanol–water partition coefficient (Wildman–Crippen LogP) is 1.59. The summed E-state index contributed by atoms with van der Waals surface area (Å²) >= 11 is 0. The van der Waals surface area contributed by atoms with Gasteiger partial charge in [-0.3, -0.25) is 0 Å². The van der Waals surface area contributed by atoms with Gasteiger partial charge >= 0.3 is 0 Å². The van der Waals surface area contributed by atoms with Gasteiger partial charge in [-0.25, -0.2) is 0 Å². The van der Waals surface area contributed by atoms with Crippen molar-refractivity contribution in [3.8, 4) is 0 Å². The SMILES string of the molecule is C[SiH]1CC[Si](C)(C)OCCO1. The van der Waals surface area contributed by atoms with Crippen LogP contribution in [0, 0.1) is 0 Å². The van der Waals surface area contributed by atoms with E-state index >= 15 is 0 Å². The Kier molecular flexibility index (Phi) is 3.30. The van der Waals surface area contributed by atoms with Gasteiger partial charge in [-0.1, -0.05) is 0 Å². The highest BCUT2D eigenvalue weighted by atomic mass is 28.4. The van der Waals surface area contributed by atoms with Crippen molar-refractivity contribution in [2.75, 3.05) is 13.2 Å². The lowest BCUT2D eigenvalue weighted by molar-refractivity contribution is 0.205. The molecule has 1 aliphatic heterocycles. The molecular formula is C7H18O2Si2. The van der Waals surface area contributed by atoms with Crippen molar-refractivity contribution in [1.29, 1.82) is 0 Å². The van der Waals surface area contributed by atoms with Crippen LogP contribution in [0.15, 0.2) is 0 Å². The topological polar surface area (TPSA) is 18.5 Å². The van der Waals surface area contributed by atoms with E-state index in [1.807, 2.05) is 0 Å². The lowest BCUT2D eigenvalue weighted by Crippen LogP contribution is -2.36. The maximum atomic E-state index is 5.75. The Balaban J connectivity index is 2.38. The molecule has 0 spiro atoms. The number of hydrogen-bond donors (Lipinski definition) is 0. The van der Waals surface area contributed by atoms with Crippen LogP contribution >= 0.6 is 0 Å². The van der Waals surface area contributed by atoms with Crippen molar-refractivity contribution >= 4 is 17.4 Å². The van der Waals surface area contributed by atoms with Crippen molar-refractivity contribution in [3.63, 3.8) is 0 Å². The molecule has 0 aromatic carbocycles. The molecule has 0 saturated carbocycles. The van der Waals surface area contributed by atoms with Gasteiger partial charge in [-0.05, 0) is 31.7 Å². The molecule has 0 N–H and O–H groups in total. The largest absolute Gasteiger partial charge is 0.418 e. The summed E-state index contributed by atoms with van der Waals surface area (Å²) in [6.07, 6.45) is 0. The van der Waals surface area contributed by atoms with Gasteiger partial charge in [0.15, 0.2) is 17.4 Å². The van der Waals surface area contributed by atoms with Crippen LogP contribution in [-0.4, -0.2) is 30.6 Å². The zero-order chi connectivity index (χ0) is 8.32. The van der Waals surface area contributed by atoms with E-state index in [0.717, 1.165) is 13.2 Å². The fourth-order valence-corrected chi connectivity index (χ4v) is 7.13. The molecule has 1 rings (SSSR count). The smallest absolute Gasteiger partial charge is 0.186 e. The van der Waals surface area contributed by atoms with Crippen LogP contribution < -0.4 is 0 Å². The molecule has 0 aromatic rings. The second kappa shape index (κ2) is 3.84. The average molecular weight is 190 g/mol. The summed E-state index contributed by atoms with van der Waals surface area (Å²) in [6, 6.07) is 2.60. The minimum Gasteiger partial charge on any atom is -0.418 e. The highest BCUT2D eigenvalue weighted by Gasteiger charge is 2.25. The minimum absolute atomic E-state index is 0.796. The third-order valence-electron chi connectivity index (χ3n) is 2.13. The summed E-state index contributed by atoms with van der Waals surface area (Å²) in [6.45, 7) is 8.56. The fraction of sp³-hybridized carbons (Fsp3) is 1.00. The zero-order valence-electron chi connectivity index (χ0n) is 7.72. The van der Waals surface area contributed by atoms with E-state index in [-0.39, 0.29) is 0 Å². The van der Waals surface area contributed by atoms with Gasteiger partial charge in [0, 0.05) is 0 Å². The molecule has 66 valence electrons. The second-order valence-electron chi connectivity index (χ2n) is 3.83. The van der Waals surface area contributed by atoms with Crippen LogP contribution in [0.2, 0.25) is 31.7 Å². The Hall–Kier alpha value is 0.354. The Labute approximate surface area is 71.8 Å². The highest BCUT2D eigenvalue weighted by molar-refractivity contribution is 6.72. The summed E-state index contributed by atoms with van der Waals surface area (Å²) in [7, 11) is -2.06. The summed E-state index contributed by atoms with van der Waals surface area (Å²) < 4.78 is 11.4. The molecule has 0 aliphatic carbocycles. The number of hydrogen-bond acceptors (Lipinski definition) is 2. The molecule has 0 bridgehead atoms. The molecule has 0 aromatic heterocycles. The molecule has 1 unspecified atom stereocenters. The van der Waals surface area contributed by atoms with E-state index in [1.54, 1.807) is 0 Å². The van der Waals surface area contributed by atoms with Gasteiger partial charge < -0.3 is 8.85 Å². The Morgan fingerprint density at radius 3 is 2.73 bits per heavy atom. The van der Waals surface area contributed by atoms with Crippen molar-refractivity contribution < 1.29 is 8.85 Å². The third kappa shape index (κ3) is 3.51. The molecule has 11 heavy (non-hydrogen) atoms. The first-order valence-electron chi connectivity index (χ1n) is 4.36. The Morgan fingerprint density at radius 2 is 2.00 bits per heavy atom. The van der Waals surface area contributed by atoms with E-state index in [1.165, 1.54) is 12.1 Å². The fourth-order valence-electron chi connectivity index (χ4n) is 1.27. The van der Waals surface area contributed by atoms with Crippen LogP contribution in [-0.2, 0) is 8.85 Å². The Bertz CT molecular complexity index is 128. The quantitative estimate of drug-likeness (QED) is 0.540. The van der Waals surface area contributed by atoms with Gasteiger partial charge in [0.25, 0.3) is 0 Å². The minimum atomic E-state index is -1.26. The average Bonchev–Trinajstić information content (AvgIpc) is 1.92. The van der Waals surface area contributed by atoms with Gasteiger partial charge in [-0.15, -0.1) is 0 Å². The van der Waals surface area contributed by atoms with Gasteiger partial charge in [0.1, 0.15) is 0 Å². The van der Waals surface area contributed by atoms with Gasteiger partial charge in [0.2, 0.25) is 0 Å². The van der Waals surface area contributed by atoms with Crippen molar-refractivity contribution in [2.45, 2.75) is 31.7 Å². The molecule has 1 aliphatic rings. The van der Waals surface area contributed by atoms with Crippen molar-refractivity contribution in [1.82, 2.24) is 0 Å². The Morgan fingerprint density at radius 1 is 1.27 bits per heavy atom. The van der Waals surface area contributed by atoms with Crippen LogP contribution in [0.25, 0.3) is 0 Å². The molecule has 1 atom stereocenters. The molecule has 0 radical (unpaired) electrons.